The number of aliphatic carboxylic acids is 1. The molecule has 0 unspecified atom stereocenters. The highest BCUT2D eigenvalue weighted by Gasteiger charge is 2.40. The van der Waals surface area contributed by atoms with E-state index in [1.165, 1.54) is 24.0 Å². The van der Waals surface area contributed by atoms with E-state index in [0.717, 1.165) is 0 Å². The maximum Gasteiger partial charge on any atom is 0.335 e. The van der Waals surface area contributed by atoms with Crippen LogP contribution in [0, 0.1) is 11.8 Å². The molecular formula is C35H53N7O11. The number of rotatable bonds is 20. The largest absolute Gasteiger partial charge is 0.480 e. The third-order valence-corrected chi connectivity index (χ3v) is 8.76. The SMILES string of the molecule is CC(C)C[C@H](NC(=O)[C@@H](N)Cc1ccc(C(=O)O)cc1)C(=O)N1CCC[C@H]1C(=O)N[C@@H](CCC(N)=O)C(=O)N[C@H](C(=O)N[C@H](C(=O)O)C(C)C)[C@@H](C)O. The van der Waals surface area contributed by atoms with Gasteiger partial charge in [-0.2, -0.15) is 0 Å². The molecule has 0 aliphatic carbocycles. The van der Waals surface area contributed by atoms with Crippen molar-refractivity contribution in [1.29, 1.82) is 0 Å². The second kappa shape index (κ2) is 20.2. The summed E-state index contributed by atoms with van der Waals surface area (Å²) in [7, 11) is 0. The van der Waals surface area contributed by atoms with Crippen molar-refractivity contribution in [2.45, 2.75) is 115 Å². The van der Waals surface area contributed by atoms with Gasteiger partial charge >= 0.3 is 11.9 Å². The van der Waals surface area contributed by atoms with Crippen LogP contribution in [-0.4, -0.2) is 117 Å². The van der Waals surface area contributed by atoms with Gasteiger partial charge in [0.15, 0.2) is 0 Å². The number of hydrogen-bond donors (Lipinski definition) is 9. The van der Waals surface area contributed by atoms with Crippen LogP contribution in [0.4, 0.5) is 0 Å². The van der Waals surface area contributed by atoms with Gasteiger partial charge in [-0.15, -0.1) is 0 Å². The number of aromatic carboxylic acids is 1. The third kappa shape index (κ3) is 13.4. The van der Waals surface area contributed by atoms with E-state index in [-0.39, 0.29) is 50.1 Å². The first-order valence-corrected chi connectivity index (χ1v) is 17.5. The first-order valence-electron chi connectivity index (χ1n) is 17.5. The van der Waals surface area contributed by atoms with Crippen molar-refractivity contribution in [2.75, 3.05) is 6.54 Å². The quantitative estimate of drug-likeness (QED) is 0.0746. The summed E-state index contributed by atoms with van der Waals surface area (Å²) in [6, 6.07) is -1.75. The summed E-state index contributed by atoms with van der Waals surface area (Å²) in [5.41, 5.74) is 12.1. The molecule has 0 radical (unpaired) electrons. The van der Waals surface area contributed by atoms with Crippen LogP contribution < -0.4 is 32.7 Å². The Morgan fingerprint density at radius 2 is 1.43 bits per heavy atom. The second-order valence-electron chi connectivity index (χ2n) is 14.1. The minimum atomic E-state index is -1.63. The number of hydrogen-bond acceptors (Lipinski definition) is 10. The van der Waals surface area contributed by atoms with E-state index in [1.807, 2.05) is 13.8 Å². The van der Waals surface area contributed by atoms with Crippen LogP contribution in [0.25, 0.3) is 0 Å². The molecule has 18 heteroatoms. The first-order chi connectivity index (χ1) is 24.7. The van der Waals surface area contributed by atoms with Crippen molar-refractivity contribution in [3.05, 3.63) is 35.4 Å². The lowest BCUT2D eigenvalue weighted by Gasteiger charge is -2.31. The predicted molar refractivity (Wildman–Crippen MR) is 190 cm³/mol. The number of primary amides is 1. The van der Waals surface area contributed by atoms with Crippen LogP contribution in [-0.2, 0) is 40.0 Å². The van der Waals surface area contributed by atoms with E-state index in [9.17, 15) is 48.6 Å². The van der Waals surface area contributed by atoms with Crippen molar-refractivity contribution >= 4 is 47.4 Å². The van der Waals surface area contributed by atoms with Crippen LogP contribution in [0.3, 0.4) is 0 Å². The normalized spacial score (nSPS) is 17.5. The maximum atomic E-state index is 13.9. The Hall–Kier alpha value is -5.10. The Morgan fingerprint density at radius 3 is 1.94 bits per heavy atom. The van der Waals surface area contributed by atoms with Crippen LogP contribution in [0.2, 0.25) is 0 Å². The van der Waals surface area contributed by atoms with Gasteiger partial charge in [-0.3, -0.25) is 28.8 Å². The van der Waals surface area contributed by atoms with Gasteiger partial charge in [-0.05, 0) is 68.6 Å². The predicted octanol–water partition coefficient (Wildman–Crippen LogP) is -1.38. The van der Waals surface area contributed by atoms with Gasteiger partial charge in [0.2, 0.25) is 35.4 Å². The molecule has 0 aromatic heterocycles. The monoisotopic (exact) mass is 747 g/mol. The minimum Gasteiger partial charge on any atom is -0.480 e. The summed E-state index contributed by atoms with van der Waals surface area (Å²) in [5, 5.41) is 38.7. The fraction of sp³-hybridized carbons (Fsp3) is 0.600. The van der Waals surface area contributed by atoms with Gasteiger partial charge in [0.05, 0.1) is 17.7 Å². The number of benzene rings is 1. The molecule has 1 saturated heterocycles. The van der Waals surface area contributed by atoms with E-state index in [4.69, 9.17) is 16.6 Å². The molecule has 294 valence electrons. The highest BCUT2D eigenvalue weighted by molar-refractivity contribution is 5.97. The number of aliphatic hydroxyl groups excluding tert-OH is 1. The molecule has 7 atom stereocenters. The van der Waals surface area contributed by atoms with Gasteiger partial charge in [0, 0.05) is 13.0 Å². The van der Waals surface area contributed by atoms with Crippen molar-refractivity contribution in [3.63, 3.8) is 0 Å². The summed E-state index contributed by atoms with van der Waals surface area (Å²) in [6.07, 6.45) is -1.24. The zero-order chi connectivity index (χ0) is 40.2. The Morgan fingerprint density at radius 1 is 0.830 bits per heavy atom. The molecule has 1 aliphatic rings. The Kier molecular flexibility index (Phi) is 16.8. The van der Waals surface area contributed by atoms with Crippen molar-refractivity contribution < 1.29 is 53.7 Å². The van der Waals surface area contributed by atoms with Gasteiger partial charge in [0.25, 0.3) is 0 Å². The van der Waals surface area contributed by atoms with E-state index in [2.05, 4.69) is 21.3 Å². The molecule has 1 aromatic rings. The van der Waals surface area contributed by atoms with Gasteiger partial charge in [-0.25, -0.2) is 9.59 Å². The molecule has 11 N–H and O–H groups in total. The number of carbonyl (C=O) groups excluding carboxylic acids is 6. The van der Waals surface area contributed by atoms with Gasteiger partial charge in [-0.1, -0.05) is 39.8 Å². The van der Waals surface area contributed by atoms with Gasteiger partial charge in [0.1, 0.15) is 30.2 Å². The van der Waals surface area contributed by atoms with Crippen LogP contribution in [0.1, 0.15) is 82.6 Å². The number of carboxylic acids is 2. The van der Waals surface area contributed by atoms with E-state index in [1.54, 1.807) is 26.0 Å². The van der Waals surface area contributed by atoms with Crippen molar-refractivity contribution in [1.82, 2.24) is 26.2 Å². The summed E-state index contributed by atoms with van der Waals surface area (Å²) < 4.78 is 0. The molecular weight excluding hydrogens is 694 g/mol. The number of aliphatic hydroxyl groups is 1. The summed E-state index contributed by atoms with van der Waals surface area (Å²) in [6.45, 7) is 8.17. The third-order valence-electron chi connectivity index (χ3n) is 8.76. The Balaban J connectivity index is 2.22. The molecule has 1 fully saturated rings. The number of carboxylic acid groups (broad SMARTS) is 2. The minimum absolute atomic E-state index is 0.0628. The standard InChI is InChI=1S/C35H53N7O11/c1-17(2)15-24(39-29(45)22(36)16-20-8-10-21(11-9-20)34(50)51)33(49)42-14-6-7-25(42)31(47)38-23(12-13-26(37)44)30(46)41-28(19(5)43)32(48)40-27(18(3)4)35(52)53/h8-11,17-19,22-25,27-28,43H,6-7,12-16,36H2,1-5H3,(H2,37,44)(H,38,47)(H,39,45)(H,40,48)(H,41,46)(H,50,51)(H,52,53)/t19-,22+,23+,24+,25+,27+,28+/m1/s1. The number of likely N-dealkylation sites (tertiary alicyclic amines) is 1. The molecule has 6 amide bonds. The molecule has 53 heavy (non-hydrogen) atoms. The van der Waals surface area contributed by atoms with Crippen molar-refractivity contribution in [2.24, 2.45) is 23.3 Å². The molecule has 1 aliphatic heterocycles. The van der Waals surface area contributed by atoms with Crippen LogP contribution in [0.15, 0.2) is 24.3 Å². The van der Waals surface area contributed by atoms with Crippen LogP contribution >= 0.6 is 0 Å². The van der Waals surface area contributed by atoms with Gasteiger partial charge < -0.3 is 53.0 Å². The van der Waals surface area contributed by atoms with Crippen molar-refractivity contribution in [3.8, 4) is 0 Å². The lowest BCUT2D eigenvalue weighted by molar-refractivity contribution is -0.144. The average Bonchev–Trinajstić information content (AvgIpc) is 3.56. The number of nitrogens with two attached hydrogens (primary N) is 2. The van der Waals surface area contributed by atoms with E-state index in [0.29, 0.717) is 12.0 Å². The zero-order valence-corrected chi connectivity index (χ0v) is 30.7. The first kappa shape index (κ1) is 44.1. The fourth-order valence-electron chi connectivity index (χ4n) is 5.84. The molecule has 0 bridgehead atoms. The second-order valence-corrected chi connectivity index (χ2v) is 14.1. The van der Waals surface area contributed by atoms with E-state index < -0.39 is 95.7 Å². The molecule has 1 aromatic carbocycles. The Bertz CT molecular complexity index is 1500. The highest BCUT2D eigenvalue weighted by atomic mass is 16.4. The molecule has 18 nitrogen and oxygen atoms in total. The maximum absolute atomic E-state index is 13.9. The lowest BCUT2D eigenvalue weighted by atomic mass is 10.00. The van der Waals surface area contributed by atoms with Crippen LogP contribution in [0.5, 0.6) is 0 Å². The lowest BCUT2D eigenvalue weighted by Crippen LogP contribution is -2.61. The number of carbonyl (C=O) groups is 8. The topological polar surface area (TPSA) is 301 Å². The fourth-order valence-corrected chi connectivity index (χ4v) is 5.84. The smallest absolute Gasteiger partial charge is 0.335 e. The highest BCUT2D eigenvalue weighted by Crippen LogP contribution is 2.21. The molecule has 0 spiro atoms. The molecule has 0 saturated carbocycles. The number of nitrogens with one attached hydrogen (secondary N) is 4. The summed E-state index contributed by atoms with van der Waals surface area (Å²) in [4.78, 5) is 103. The summed E-state index contributed by atoms with van der Waals surface area (Å²) >= 11 is 0. The number of nitrogens with zero attached hydrogens (tertiary/aromatic N) is 1. The zero-order valence-electron chi connectivity index (χ0n) is 30.7. The molecule has 2 rings (SSSR count). The van der Waals surface area contributed by atoms with E-state index >= 15 is 0 Å². The number of amides is 6. The summed E-state index contributed by atoms with van der Waals surface area (Å²) in [5.74, 6) is -7.70. The average molecular weight is 748 g/mol. The molecule has 1 heterocycles. The Labute approximate surface area is 307 Å².